The van der Waals surface area contributed by atoms with Gasteiger partial charge in [-0.1, -0.05) is 44.6 Å². The van der Waals surface area contributed by atoms with Crippen molar-refractivity contribution in [1.29, 1.82) is 0 Å². The first-order valence-electron chi connectivity index (χ1n) is 12.1. The molecule has 40 heavy (non-hydrogen) atoms. The number of aryl methyl sites for hydroxylation is 1. The van der Waals surface area contributed by atoms with Gasteiger partial charge in [-0.2, -0.15) is 11.8 Å². The summed E-state index contributed by atoms with van der Waals surface area (Å²) in [5, 5.41) is 32.2. The Morgan fingerprint density at radius 3 is 2.05 bits per heavy atom. The molecule has 15 heteroatoms. The molecule has 1 fully saturated rings. The second-order valence-corrected chi connectivity index (χ2v) is 9.64. The minimum atomic E-state index is -1.34. The average Bonchev–Trinajstić information content (AvgIpc) is 3.34. The third-order valence-electron chi connectivity index (χ3n) is 5.80. The number of unbranched alkanes of at least 4 members (excludes halogenated alkanes) is 7. The topological polar surface area (TPSA) is 223 Å². The molecule has 1 N–H and O–H groups in total. The number of ether oxygens (including phenoxy) is 1. The summed E-state index contributed by atoms with van der Waals surface area (Å²) in [5.41, 5.74) is 6.77. The predicted molar refractivity (Wildman–Crippen MR) is 131 cm³/mol. The van der Waals surface area contributed by atoms with Crippen LogP contribution in [0.4, 0.5) is 0 Å². The molecule has 13 nitrogen and oxygen atoms in total. The number of aromatic nitrogens is 2. The Hall–Kier alpha value is -1.79. The summed E-state index contributed by atoms with van der Waals surface area (Å²) in [6.45, 7) is 14.8. The monoisotopic (exact) mass is 664 g/mol. The molecule has 0 amide bonds. The number of hydrogen-bond donors (Lipinski definition) is 0. The zero-order valence-electron chi connectivity index (χ0n) is 22.1. The minimum Gasteiger partial charge on any atom is 4.00 e. The van der Waals surface area contributed by atoms with Gasteiger partial charge in [-0.25, -0.2) is 4.79 Å². The molecule has 221 valence electrons. The molecular weight excluding hydrogens is 632 g/mol. The fourth-order valence-corrected chi connectivity index (χ4v) is 4.63. The number of carboxylic acid groups (broad SMARTS) is 1. The van der Waals surface area contributed by atoms with Gasteiger partial charge in [0.15, 0.2) is 0 Å². The summed E-state index contributed by atoms with van der Waals surface area (Å²) in [4.78, 5) is 35.7. The zero-order chi connectivity index (χ0) is 30.4. The van der Waals surface area contributed by atoms with Crippen molar-refractivity contribution in [3.63, 3.8) is 0 Å². The molecule has 1 aromatic rings. The van der Waals surface area contributed by atoms with E-state index >= 15 is 0 Å². The number of carboxylic acids is 1. The van der Waals surface area contributed by atoms with Crippen molar-refractivity contribution in [2.75, 3.05) is 12.4 Å². The van der Waals surface area contributed by atoms with Crippen LogP contribution in [0.5, 0.6) is 0 Å². The van der Waals surface area contributed by atoms with E-state index in [1.165, 1.54) is 15.3 Å². The van der Waals surface area contributed by atoms with Gasteiger partial charge < -0.3 is 30.6 Å². The number of carbonyl (C=O) groups excluding carboxylic acids is 1. The SMILES string of the molecule is Cc1cn([C@H]2C[C@H]([O-])[C@@H](C[O-])O2)c(=O)n(CCCCCCCCCCSC([NH-])C(=O)[O-])c1=O.[C-]#[O+].[C-]#[O+].[C-]#[O+].[Tc+4]. The normalized spacial score (nSPS) is 17.8. The van der Waals surface area contributed by atoms with Crippen molar-refractivity contribution in [2.24, 2.45) is 0 Å². The Morgan fingerprint density at radius 1 is 1.07 bits per heavy atom. The Bertz CT molecular complexity index is 997. The van der Waals surface area contributed by atoms with Crippen LogP contribution in [0.2, 0.25) is 0 Å². The van der Waals surface area contributed by atoms with Crippen molar-refractivity contribution in [3.8, 4) is 0 Å². The molecule has 2 heterocycles. The molecule has 0 saturated carbocycles. The van der Waals surface area contributed by atoms with Crippen LogP contribution in [-0.4, -0.2) is 45.0 Å². The standard InChI is InChI=1S/C22H34N3O7S.3CO.Tc/c1-15-13-25(18-12-16(27)17(14-26)32-18)22(31)24(20(15)28)10-8-6-4-2-3-5-7-9-11-33-19(23)21(29)30;3*1-2;/h13,16-19,23H,2-12,14H2,1H3,(H,29,30);;;;/q-3;;;;+4/p-1/t16-,17+,18+,19?;;;;/m0..../s1. The van der Waals surface area contributed by atoms with E-state index in [-0.39, 0.29) is 32.1 Å². The second-order valence-electron chi connectivity index (χ2n) is 8.43. The second kappa shape index (κ2) is 26.1. The van der Waals surface area contributed by atoms with Gasteiger partial charge in [0.05, 0.1) is 0 Å². The van der Waals surface area contributed by atoms with Crippen molar-refractivity contribution in [2.45, 2.75) is 95.1 Å². The molecule has 1 aliphatic heterocycles. The first-order valence-corrected chi connectivity index (χ1v) is 13.2. The first kappa shape index (κ1) is 42.7. The van der Waals surface area contributed by atoms with Crippen LogP contribution in [0.15, 0.2) is 15.8 Å². The van der Waals surface area contributed by atoms with Crippen molar-refractivity contribution in [1.82, 2.24) is 9.13 Å². The smallest absolute Gasteiger partial charge is 4.00 e. The van der Waals surface area contributed by atoms with Gasteiger partial charge >= 0.3 is 59.7 Å². The molecule has 1 aliphatic rings. The number of hydrogen-bond acceptors (Lipinski definition) is 8. The summed E-state index contributed by atoms with van der Waals surface area (Å²) < 4.78 is 30.4. The summed E-state index contributed by atoms with van der Waals surface area (Å²) in [7, 11) is 0. The maximum absolute atomic E-state index is 12.8. The number of nitrogens with one attached hydrogen (secondary N) is 1. The summed E-state index contributed by atoms with van der Waals surface area (Å²) in [5.74, 6) is -0.702. The third-order valence-corrected chi connectivity index (χ3v) is 6.85. The van der Waals surface area contributed by atoms with Crippen molar-refractivity contribution >= 4 is 17.7 Å². The van der Waals surface area contributed by atoms with E-state index in [9.17, 15) is 29.7 Å². The van der Waals surface area contributed by atoms with Gasteiger partial charge in [-0.05, 0) is 37.3 Å². The maximum Gasteiger partial charge on any atom is 4.00 e. The Kier molecular flexibility index (Phi) is 27.9. The van der Waals surface area contributed by atoms with E-state index in [2.05, 4.69) is 20.0 Å². The van der Waals surface area contributed by atoms with Gasteiger partial charge in [0.25, 0.3) is 5.56 Å². The molecule has 0 bridgehead atoms. The molecule has 0 aliphatic carbocycles. The summed E-state index contributed by atoms with van der Waals surface area (Å²) in [6.07, 6.45) is 6.06. The molecular formula is C25H33N3O10STc. The van der Waals surface area contributed by atoms with Crippen LogP contribution in [0, 0.1) is 26.9 Å². The van der Waals surface area contributed by atoms with E-state index in [1.807, 2.05) is 0 Å². The van der Waals surface area contributed by atoms with Gasteiger partial charge in [0, 0.05) is 30.4 Å². The number of aliphatic carboxylic acids is 1. The van der Waals surface area contributed by atoms with Crippen LogP contribution in [0.25, 0.3) is 5.73 Å². The quantitative estimate of drug-likeness (QED) is 0.135. The molecule has 4 atom stereocenters. The number of nitrogens with zero attached hydrogens (tertiary/aromatic N) is 2. The zero-order valence-corrected chi connectivity index (χ0v) is 24.8. The molecule has 1 unspecified atom stereocenters. The molecule has 1 aromatic heterocycles. The van der Waals surface area contributed by atoms with Gasteiger partial charge in [-0.3, -0.25) is 13.9 Å². The first-order chi connectivity index (χ1) is 18.8. The van der Waals surface area contributed by atoms with E-state index in [0.717, 1.165) is 56.7 Å². The Balaban J connectivity index is -0.00000183. The van der Waals surface area contributed by atoms with Gasteiger partial charge in [0.1, 0.15) is 6.23 Å². The molecule has 2 rings (SSSR count). The summed E-state index contributed by atoms with van der Waals surface area (Å²) in [6, 6.07) is 0. The molecule has 0 aromatic carbocycles. The van der Waals surface area contributed by atoms with E-state index in [0.29, 0.717) is 24.3 Å². The van der Waals surface area contributed by atoms with Crippen molar-refractivity contribution in [3.05, 3.63) is 58.3 Å². The fraction of sp³-hybridized carbons (Fsp3) is 0.680. The van der Waals surface area contributed by atoms with Crippen molar-refractivity contribution < 1.29 is 58.9 Å². The summed E-state index contributed by atoms with van der Waals surface area (Å²) >= 11 is 1.08. The van der Waals surface area contributed by atoms with Gasteiger partial charge in [-0.15, -0.1) is 6.61 Å². The Labute approximate surface area is 251 Å². The van der Waals surface area contributed by atoms with Crippen LogP contribution < -0.4 is 26.6 Å². The van der Waals surface area contributed by atoms with E-state index in [1.54, 1.807) is 6.92 Å². The van der Waals surface area contributed by atoms with Gasteiger partial charge in [0.2, 0.25) is 0 Å². The predicted octanol–water partition coefficient (Wildman–Crippen LogP) is -0.438. The number of thioether (sulfide) groups is 1. The number of rotatable bonds is 15. The van der Waals surface area contributed by atoms with E-state index in [4.69, 9.17) is 24.4 Å². The molecule has 1 radical (unpaired) electrons. The number of carbonyl (C=O) groups is 1. The molecule has 1 saturated heterocycles. The van der Waals surface area contributed by atoms with Crippen LogP contribution in [-0.2, 0) is 50.1 Å². The van der Waals surface area contributed by atoms with Crippen LogP contribution in [0.3, 0.4) is 0 Å². The van der Waals surface area contributed by atoms with E-state index < -0.39 is 42.1 Å². The van der Waals surface area contributed by atoms with Crippen LogP contribution >= 0.6 is 11.8 Å². The minimum absolute atomic E-state index is 0. The average molecular weight is 666 g/mol. The Morgan fingerprint density at radius 2 is 1.57 bits per heavy atom. The molecule has 0 spiro atoms. The van der Waals surface area contributed by atoms with Crippen LogP contribution in [0.1, 0.15) is 69.6 Å². The fourth-order valence-electron chi connectivity index (χ4n) is 3.88. The largest absolute Gasteiger partial charge is 4.00 e. The third kappa shape index (κ3) is 15.3. The maximum atomic E-state index is 12.8.